The number of benzene rings is 1. The molecule has 2 aromatic heterocycles. The Labute approximate surface area is 222 Å². The summed E-state index contributed by atoms with van der Waals surface area (Å²) in [5, 5.41) is 0. The molecule has 0 aliphatic heterocycles. The van der Waals surface area contributed by atoms with E-state index in [9.17, 15) is 0 Å². The molecule has 0 saturated heterocycles. The van der Waals surface area contributed by atoms with Crippen LogP contribution in [0.1, 0.15) is 65.2 Å². The number of aromatic nitrogens is 1. The summed E-state index contributed by atoms with van der Waals surface area (Å²) in [7, 11) is -1.86. The molecule has 3 aromatic rings. The fourth-order valence-corrected chi connectivity index (χ4v) is 5.00. The molecule has 0 amide bonds. The zero-order chi connectivity index (χ0) is 26.4. The Kier molecular flexibility index (Phi) is 13.2. The minimum absolute atomic E-state index is 0.604. The van der Waals surface area contributed by atoms with Gasteiger partial charge >= 0.3 is 0 Å². The summed E-state index contributed by atoms with van der Waals surface area (Å²) in [5.41, 5.74) is 3.98. The maximum atomic E-state index is 9.08. The third-order valence-electron chi connectivity index (χ3n) is 5.95. The van der Waals surface area contributed by atoms with Gasteiger partial charge in [-0.2, -0.15) is 0 Å². The van der Waals surface area contributed by atoms with Gasteiger partial charge in [-0.1, -0.05) is 64.5 Å². The van der Waals surface area contributed by atoms with Crippen molar-refractivity contribution in [3.63, 3.8) is 0 Å². The Balaban J connectivity index is 0.000000830. The van der Waals surface area contributed by atoms with Crippen LogP contribution in [-0.4, -0.2) is 32.3 Å². The highest BCUT2D eigenvalue weighted by molar-refractivity contribution is 7.84. The predicted octanol–water partition coefficient (Wildman–Crippen LogP) is 7.04. The third kappa shape index (κ3) is 11.7. The van der Waals surface area contributed by atoms with Gasteiger partial charge in [0.2, 0.25) is 0 Å². The molecule has 7 heteroatoms. The molecule has 5 nitrogen and oxygen atoms in total. The number of anilines is 1. The number of pyridine rings is 1. The Bertz CT molecular complexity index is 1090. The van der Waals surface area contributed by atoms with Crippen LogP contribution in [0.15, 0.2) is 60.9 Å². The molecular formula is C29H42N2O3S2. The number of thiophene rings is 1. The lowest BCUT2D eigenvalue weighted by Gasteiger charge is -2.25. The van der Waals surface area contributed by atoms with Gasteiger partial charge in [0.1, 0.15) is 7.05 Å². The standard InChI is InChI=1S/C28H39N2S.CH4O3S/c1-4-6-8-10-20-30(21-11-9-7-5-2)26-14-12-24(13-15-26)27-16-17-28(31-27)25-18-22-29(3)23-19-25;1-5(2,3)4/h12-19,22-23H,4-11,20-21H2,1-3H3;1H3,(H,2,3,4)/q+1;/p-1. The lowest BCUT2D eigenvalue weighted by molar-refractivity contribution is -0.671. The van der Waals surface area contributed by atoms with Gasteiger partial charge in [0.05, 0.1) is 10.1 Å². The zero-order valence-corrected chi connectivity index (χ0v) is 23.9. The van der Waals surface area contributed by atoms with E-state index in [4.69, 9.17) is 13.0 Å². The van der Waals surface area contributed by atoms with Crippen molar-refractivity contribution < 1.29 is 17.5 Å². The van der Waals surface area contributed by atoms with Crippen LogP contribution in [0.4, 0.5) is 5.69 Å². The molecule has 0 unspecified atom stereocenters. The summed E-state index contributed by atoms with van der Waals surface area (Å²) >= 11 is 1.88. The zero-order valence-electron chi connectivity index (χ0n) is 22.3. The largest absolute Gasteiger partial charge is 0.748 e. The average Bonchev–Trinajstić information content (AvgIpc) is 3.33. The lowest BCUT2D eigenvalue weighted by Crippen LogP contribution is -2.25. The number of aryl methyl sites for hydroxylation is 1. The molecule has 2 heterocycles. The van der Waals surface area contributed by atoms with Crippen molar-refractivity contribution in [3.05, 3.63) is 60.9 Å². The predicted molar refractivity (Wildman–Crippen MR) is 152 cm³/mol. The first kappa shape index (κ1) is 30.0. The van der Waals surface area contributed by atoms with E-state index < -0.39 is 10.1 Å². The van der Waals surface area contributed by atoms with Gasteiger partial charge in [-0.25, -0.2) is 13.0 Å². The van der Waals surface area contributed by atoms with Gasteiger partial charge < -0.3 is 9.45 Å². The van der Waals surface area contributed by atoms with Crippen LogP contribution in [0.3, 0.4) is 0 Å². The van der Waals surface area contributed by atoms with Gasteiger partial charge in [-0.05, 0) is 42.7 Å². The van der Waals surface area contributed by atoms with Gasteiger partial charge in [0, 0.05) is 52.5 Å². The van der Waals surface area contributed by atoms with Crippen molar-refractivity contribution in [3.8, 4) is 20.9 Å². The molecule has 0 spiro atoms. The summed E-state index contributed by atoms with van der Waals surface area (Å²) in [6, 6.07) is 18.2. The molecule has 0 saturated carbocycles. The number of nitrogens with zero attached hydrogens (tertiary/aromatic N) is 2. The van der Waals surface area contributed by atoms with E-state index in [1.165, 1.54) is 91.0 Å². The van der Waals surface area contributed by atoms with E-state index >= 15 is 0 Å². The Morgan fingerprint density at radius 1 is 0.750 bits per heavy atom. The van der Waals surface area contributed by atoms with E-state index in [-0.39, 0.29) is 0 Å². The monoisotopic (exact) mass is 530 g/mol. The third-order valence-corrected chi connectivity index (χ3v) is 7.13. The molecule has 3 rings (SSSR count). The van der Waals surface area contributed by atoms with Crippen LogP contribution >= 0.6 is 11.3 Å². The number of hydrogen-bond donors (Lipinski definition) is 0. The van der Waals surface area contributed by atoms with Crippen LogP contribution in [0.25, 0.3) is 20.9 Å². The van der Waals surface area contributed by atoms with E-state index in [1.807, 2.05) is 11.3 Å². The minimum atomic E-state index is -3.92. The van der Waals surface area contributed by atoms with E-state index in [2.05, 4.69) is 91.3 Å². The van der Waals surface area contributed by atoms with E-state index in [1.54, 1.807) is 0 Å². The van der Waals surface area contributed by atoms with Crippen LogP contribution in [0.5, 0.6) is 0 Å². The van der Waals surface area contributed by atoms with E-state index in [0.29, 0.717) is 6.26 Å². The van der Waals surface area contributed by atoms with Crippen LogP contribution in [0, 0.1) is 0 Å². The number of hydrogen-bond acceptors (Lipinski definition) is 5. The molecule has 0 N–H and O–H groups in total. The lowest BCUT2D eigenvalue weighted by atomic mass is 10.1. The summed E-state index contributed by atoms with van der Waals surface area (Å²) < 4.78 is 29.3. The van der Waals surface area contributed by atoms with E-state index in [0.717, 1.165) is 0 Å². The summed E-state index contributed by atoms with van der Waals surface area (Å²) in [4.78, 5) is 5.28. The molecule has 0 radical (unpaired) electrons. The highest BCUT2D eigenvalue weighted by Gasteiger charge is 2.09. The van der Waals surface area contributed by atoms with Gasteiger partial charge in [0.15, 0.2) is 12.4 Å². The first-order valence-corrected chi connectivity index (χ1v) is 15.7. The van der Waals surface area contributed by atoms with Crippen LogP contribution < -0.4 is 9.47 Å². The molecule has 0 aliphatic carbocycles. The maximum Gasteiger partial charge on any atom is 0.169 e. The maximum absolute atomic E-state index is 9.08. The quantitative estimate of drug-likeness (QED) is 0.135. The molecule has 0 atom stereocenters. The van der Waals surface area contributed by atoms with Crippen molar-refractivity contribution in [1.29, 1.82) is 0 Å². The first-order valence-electron chi connectivity index (χ1n) is 13.0. The summed E-state index contributed by atoms with van der Waals surface area (Å²) in [6.45, 7) is 6.93. The normalized spacial score (nSPS) is 11.1. The number of unbranched alkanes of at least 4 members (excludes halogenated alkanes) is 6. The smallest absolute Gasteiger partial charge is 0.169 e. The van der Waals surface area contributed by atoms with Crippen molar-refractivity contribution in [2.75, 3.05) is 24.2 Å². The SMILES string of the molecule is CCCCCCN(CCCCCC)c1ccc(-c2ccc(-c3cc[n+](C)cc3)s2)cc1.CS(=O)(=O)[O-]. The molecule has 198 valence electrons. The minimum Gasteiger partial charge on any atom is -0.748 e. The fraction of sp³-hybridized carbons (Fsp3) is 0.483. The summed E-state index contributed by atoms with van der Waals surface area (Å²) in [5.74, 6) is 0. The Hall–Kier alpha value is -2.22. The van der Waals surface area contributed by atoms with Crippen molar-refractivity contribution in [2.45, 2.75) is 65.2 Å². The highest BCUT2D eigenvalue weighted by Crippen LogP contribution is 2.35. The average molecular weight is 531 g/mol. The van der Waals surface area contributed by atoms with Crippen molar-refractivity contribution in [1.82, 2.24) is 0 Å². The molecule has 36 heavy (non-hydrogen) atoms. The van der Waals surface area contributed by atoms with Gasteiger partial charge in [-0.15, -0.1) is 11.3 Å². The molecular weight excluding hydrogens is 488 g/mol. The van der Waals surface area contributed by atoms with Crippen molar-refractivity contribution in [2.24, 2.45) is 7.05 Å². The Morgan fingerprint density at radius 3 is 1.64 bits per heavy atom. The van der Waals surface area contributed by atoms with Crippen molar-refractivity contribution >= 4 is 27.1 Å². The Morgan fingerprint density at radius 2 is 1.19 bits per heavy atom. The second kappa shape index (κ2) is 15.8. The number of rotatable bonds is 13. The highest BCUT2D eigenvalue weighted by atomic mass is 32.2. The molecule has 0 fully saturated rings. The first-order chi connectivity index (χ1) is 17.2. The second-order valence-electron chi connectivity index (χ2n) is 9.28. The van der Waals surface area contributed by atoms with Crippen LogP contribution in [-0.2, 0) is 17.2 Å². The second-order valence-corrected chi connectivity index (χ2v) is 11.8. The van der Waals surface area contributed by atoms with Crippen LogP contribution in [0.2, 0.25) is 0 Å². The summed E-state index contributed by atoms with van der Waals surface area (Å²) in [6.07, 6.45) is 15.4. The molecule has 0 bridgehead atoms. The fourth-order valence-electron chi connectivity index (χ4n) is 3.98. The topological polar surface area (TPSA) is 64.3 Å². The van der Waals surface area contributed by atoms with Gasteiger partial charge in [0.25, 0.3) is 0 Å². The molecule has 0 aliphatic rings. The molecule has 1 aromatic carbocycles. The van der Waals surface area contributed by atoms with Gasteiger partial charge in [-0.3, -0.25) is 0 Å².